The van der Waals surface area contributed by atoms with Crippen LogP contribution < -0.4 is 15.4 Å². The molecule has 1 aromatic carbocycles. The van der Waals surface area contributed by atoms with Gasteiger partial charge >= 0.3 is 6.03 Å². The first-order valence-corrected chi connectivity index (χ1v) is 7.83. The van der Waals surface area contributed by atoms with Gasteiger partial charge in [-0.2, -0.15) is 0 Å². The topological polar surface area (TPSA) is 91.0 Å². The number of hydrogen-bond donors (Lipinski definition) is 2. The van der Waals surface area contributed by atoms with Crippen molar-refractivity contribution in [3.8, 4) is 5.75 Å². The Bertz CT molecular complexity index is 663. The molecule has 8 nitrogen and oxygen atoms in total. The maximum Gasteiger partial charge on any atom is 0.317 e. The van der Waals surface area contributed by atoms with Crippen molar-refractivity contribution >= 4 is 17.8 Å². The van der Waals surface area contributed by atoms with Gasteiger partial charge in [-0.1, -0.05) is 6.07 Å². The molecular weight excluding hydrogens is 312 g/mol. The van der Waals surface area contributed by atoms with E-state index in [1.807, 2.05) is 0 Å². The first kappa shape index (κ1) is 16.1. The summed E-state index contributed by atoms with van der Waals surface area (Å²) in [5.41, 5.74) is 0.442. The zero-order chi connectivity index (χ0) is 17.1. The molecule has 128 valence electrons. The summed E-state index contributed by atoms with van der Waals surface area (Å²) in [5.74, 6) is 0.118. The van der Waals surface area contributed by atoms with Gasteiger partial charge in [-0.05, 0) is 18.2 Å². The van der Waals surface area contributed by atoms with E-state index in [4.69, 9.17) is 4.74 Å². The molecule has 0 aliphatic carbocycles. The Morgan fingerprint density at radius 3 is 3.00 bits per heavy atom. The van der Waals surface area contributed by atoms with Crippen LogP contribution in [0.25, 0.3) is 0 Å². The molecule has 1 atom stereocenters. The summed E-state index contributed by atoms with van der Waals surface area (Å²) in [6.07, 6.45) is 0. The quantitative estimate of drug-likeness (QED) is 0.789. The Hall–Kier alpha value is -2.77. The van der Waals surface area contributed by atoms with E-state index in [0.29, 0.717) is 37.5 Å². The van der Waals surface area contributed by atoms with Gasteiger partial charge in [-0.3, -0.25) is 9.59 Å². The van der Waals surface area contributed by atoms with E-state index in [-0.39, 0.29) is 30.4 Å². The highest BCUT2D eigenvalue weighted by molar-refractivity contribution is 5.96. The van der Waals surface area contributed by atoms with E-state index in [2.05, 4.69) is 10.6 Å². The predicted octanol–water partition coefficient (Wildman–Crippen LogP) is -0.339. The molecule has 4 amide bonds. The van der Waals surface area contributed by atoms with Gasteiger partial charge in [0.15, 0.2) is 0 Å². The molecule has 1 unspecified atom stereocenters. The second-order valence-corrected chi connectivity index (χ2v) is 5.79. The number of carbonyl (C=O) groups is 3. The molecule has 3 rings (SSSR count). The van der Waals surface area contributed by atoms with Crippen molar-refractivity contribution in [1.82, 2.24) is 20.4 Å². The van der Waals surface area contributed by atoms with Crippen molar-refractivity contribution in [2.45, 2.75) is 6.04 Å². The number of hydrogen-bond acceptors (Lipinski definition) is 4. The molecule has 0 spiro atoms. The lowest BCUT2D eigenvalue weighted by molar-refractivity contribution is -0.132. The summed E-state index contributed by atoms with van der Waals surface area (Å²) < 4.78 is 5.08. The maximum atomic E-state index is 12.3. The number of ether oxygens (including phenoxy) is 1. The van der Waals surface area contributed by atoms with Crippen LogP contribution in [0.4, 0.5) is 4.79 Å². The Kier molecular flexibility index (Phi) is 4.54. The first-order valence-electron chi connectivity index (χ1n) is 7.83. The Balaban J connectivity index is 1.52. The van der Waals surface area contributed by atoms with Crippen LogP contribution in [0.2, 0.25) is 0 Å². The minimum atomic E-state index is -0.321. The van der Waals surface area contributed by atoms with E-state index in [0.717, 1.165) is 0 Å². The highest BCUT2D eigenvalue weighted by Gasteiger charge is 2.36. The fraction of sp³-hybridized carbons (Fsp3) is 0.438. The molecule has 1 aromatic rings. The molecule has 0 radical (unpaired) electrons. The van der Waals surface area contributed by atoms with Gasteiger partial charge in [0, 0.05) is 31.7 Å². The fourth-order valence-corrected chi connectivity index (χ4v) is 2.96. The third-order valence-electron chi connectivity index (χ3n) is 4.32. The van der Waals surface area contributed by atoms with Crippen molar-refractivity contribution in [3.05, 3.63) is 29.8 Å². The van der Waals surface area contributed by atoms with Crippen LogP contribution in [0.5, 0.6) is 5.75 Å². The normalized spacial score (nSPS) is 19.5. The van der Waals surface area contributed by atoms with Crippen LogP contribution in [-0.2, 0) is 4.79 Å². The summed E-state index contributed by atoms with van der Waals surface area (Å²) in [6.45, 7) is 1.99. The molecule has 2 aliphatic heterocycles. The molecule has 0 saturated carbocycles. The van der Waals surface area contributed by atoms with Crippen LogP contribution >= 0.6 is 0 Å². The van der Waals surface area contributed by atoms with Gasteiger partial charge in [0.05, 0.1) is 19.7 Å². The minimum Gasteiger partial charge on any atom is -0.497 e. The first-order chi connectivity index (χ1) is 11.6. The average molecular weight is 332 g/mol. The lowest BCUT2D eigenvalue weighted by atomic mass is 10.2. The van der Waals surface area contributed by atoms with E-state index >= 15 is 0 Å². The number of rotatable bonds is 4. The lowest BCUT2D eigenvalue weighted by Gasteiger charge is -2.36. The molecule has 0 bridgehead atoms. The molecule has 2 N–H and O–H groups in total. The SMILES string of the molecule is COc1cccc(C(=O)NCC(=O)N2CCN3C(=O)NCC3C2)c1. The predicted molar refractivity (Wildman–Crippen MR) is 85.8 cm³/mol. The van der Waals surface area contributed by atoms with Gasteiger partial charge in [0.2, 0.25) is 5.91 Å². The highest BCUT2D eigenvalue weighted by Crippen LogP contribution is 2.14. The summed E-state index contributed by atoms with van der Waals surface area (Å²) in [7, 11) is 1.53. The molecule has 8 heteroatoms. The minimum absolute atomic E-state index is 0.0179. The van der Waals surface area contributed by atoms with Crippen LogP contribution in [-0.4, -0.2) is 73.5 Å². The summed E-state index contributed by atoms with van der Waals surface area (Å²) in [5, 5.41) is 5.40. The second-order valence-electron chi connectivity index (χ2n) is 5.79. The third-order valence-corrected chi connectivity index (χ3v) is 4.32. The van der Waals surface area contributed by atoms with Crippen LogP contribution in [0.15, 0.2) is 24.3 Å². The largest absolute Gasteiger partial charge is 0.497 e. The smallest absolute Gasteiger partial charge is 0.317 e. The highest BCUT2D eigenvalue weighted by atomic mass is 16.5. The Morgan fingerprint density at radius 2 is 2.21 bits per heavy atom. The lowest BCUT2D eigenvalue weighted by Crippen LogP contribution is -2.55. The van der Waals surface area contributed by atoms with Crippen molar-refractivity contribution in [2.75, 3.05) is 39.8 Å². The third kappa shape index (κ3) is 3.27. The number of benzene rings is 1. The number of amides is 4. The van der Waals surface area contributed by atoms with Gasteiger partial charge in [-0.25, -0.2) is 4.79 Å². The maximum absolute atomic E-state index is 12.3. The number of methoxy groups -OCH3 is 1. The second kappa shape index (κ2) is 6.77. The van der Waals surface area contributed by atoms with E-state index < -0.39 is 0 Å². The fourth-order valence-electron chi connectivity index (χ4n) is 2.96. The zero-order valence-corrected chi connectivity index (χ0v) is 13.4. The van der Waals surface area contributed by atoms with Gasteiger partial charge in [0.25, 0.3) is 5.91 Å². The number of carbonyl (C=O) groups excluding carboxylic acids is 3. The molecular formula is C16H20N4O4. The summed E-state index contributed by atoms with van der Waals surface area (Å²) in [4.78, 5) is 39.4. The van der Waals surface area contributed by atoms with Crippen LogP contribution in [0.3, 0.4) is 0 Å². The van der Waals surface area contributed by atoms with E-state index in [1.165, 1.54) is 7.11 Å². The van der Waals surface area contributed by atoms with Crippen molar-refractivity contribution in [1.29, 1.82) is 0 Å². The van der Waals surface area contributed by atoms with Gasteiger partial charge in [-0.15, -0.1) is 0 Å². The number of urea groups is 1. The van der Waals surface area contributed by atoms with Crippen LogP contribution in [0.1, 0.15) is 10.4 Å². The Morgan fingerprint density at radius 1 is 1.38 bits per heavy atom. The molecule has 2 aliphatic rings. The standard InChI is InChI=1S/C16H20N4O4/c1-24-13-4-2-3-11(7-13)15(22)17-9-14(21)19-5-6-20-12(10-19)8-18-16(20)23/h2-4,7,12H,5-6,8-10H2,1H3,(H,17,22)(H,18,23). The number of piperazine rings is 1. The number of nitrogens with one attached hydrogen (secondary N) is 2. The van der Waals surface area contributed by atoms with E-state index in [9.17, 15) is 14.4 Å². The average Bonchev–Trinajstić information content (AvgIpc) is 2.99. The van der Waals surface area contributed by atoms with Crippen molar-refractivity contribution < 1.29 is 19.1 Å². The monoisotopic (exact) mass is 332 g/mol. The van der Waals surface area contributed by atoms with Crippen molar-refractivity contribution in [2.24, 2.45) is 0 Å². The number of fused-ring (bicyclic) bond motifs is 1. The number of nitrogens with zero attached hydrogens (tertiary/aromatic N) is 2. The van der Waals surface area contributed by atoms with E-state index in [1.54, 1.807) is 34.1 Å². The summed E-state index contributed by atoms with van der Waals surface area (Å²) in [6, 6.07) is 6.70. The van der Waals surface area contributed by atoms with Gasteiger partial charge in [0.1, 0.15) is 5.75 Å². The summed E-state index contributed by atoms with van der Waals surface area (Å²) >= 11 is 0. The molecule has 2 heterocycles. The molecule has 2 fully saturated rings. The van der Waals surface area contributed by atoms with Crippen LogP contribution in [0, 0.1) is 0 Å². The Labute approximate surface area is 139 Å². The molecule has 24 heavy (non-hydrogen) atoms. The zero-order valence-electron chi connectivity index (χ0n) is 13.4. The molecule has 0 aromatic heterocycles. The van der Waals surface area contributed by atoms with Gasteiger partial charge < -0.3 is 25.2 Å². The molecule has 2 saturated heterocycles. The van der Waals surface area contributed by atoms with Crippen molar-refractivity contribution in [3.63, 3.8) is 0 Å².